The van der Waals surface area contributed by atoms with E-state index in [0.717, 1.165) is 29.8 Å². The van der Waals surface area contributed by atoms with E-state index in [-0.39, 0.29) is 47.3 Å². The number of thioether (sulfide) groups is 1. The number of hydrogen-bond donors (Lipinski definition) is 3. The monoisotopic (exact) mass is 880 g/mol. The lowest BCUT2D eigenvalue weighted by Gasteiger charge is -2.41. The van der Waals surface area contributed by atoms with Gasteiger partial charge in [-0.25, -0.2) is 8.78 Å². The van der Waals surface area contributed by atoms with Gasteiger partial charge in [-0.05, 0) is 61.1 Å². The molecule has 5 amide bonds. The van der Waals surface area contributed by atoms with Crippen molar-refractivity contribution in [1.82, 2.24) is 25.0 Å². The zero-order chi connectivity index (χ0) is 44.9. The Balaban J connectivity index is 1.16. The van der Waals surface area contributed by atoms with Crippen LogP contribution < -0.4 is 16.4 Å². The first-order valence-electron chi connectivity index (χ1n) is 21.3. The molecule has 1 aliphatic heterocycles. The number of nitrogens with zero attached hydrogens (tertiary/aromatic N) is 3. The van der Waals surface area contributed by atoms with Gasteiger partial charge in [-0.3, -0.25) is 28.9 Å². The third-order valence-corrected chi connectivity index (χ3v) is 11.0. The van der Waals surface area contributed by atoms with Gasteiger partial charge in [0.15, 0.2) is 0 Å². The predicted octanol–water partition coefficient (Wildman–Crippen LogP) is 5.62. The van der Waals surface area contributed by atoms with Crippen LogP contribution in [0.2, 0.25) is 0 Å². The zero-order valence-corrected chi connectivity index (χ0v) is 37.0. The minimum absolute atomic E-state index is 0.0848. The van der Waals surface area contributed by atoms with Crippen molar-refractivity contribution < 1.29 is 42.2 Å². The SMILES string of the molecule is CC(C)(C)[C@H](c1cc(-c2cc(F)ccc2F)cn1Cc1ccccc1)N(CCCN)C(=O)CSCCC(=O)NCCOCCOCCNC(=O)CCCCCN1C(=O)C=CC1=O. The summed E-state index contributed by atoms with van der Waals surface area (Å²) in [5.74, 6) is -1.44. The number of amides is 5. The van der Waals surface area contributed by atoms with Crippen LogP contribution in [-0.2, 0) is 40.0 Å². The molecule has 2 aromatic carbocycles. The summed E-state index contributed by atoms with van der Waals surface area (Å²) in [5, 5.41) is 5.63. The molecule has 1 aromatic heterocycles. The number of rotatable bonds is 28. The molecule has 0 aliphatic carbocycles. The van der Waals surface area contributed by atoms with Gasteiger partial charge in [-0.2, -0.15) is 11.8 Å². The molecule has 62 heavy (non-hydrogen) atoms. The first-order chi connectivity index (χ1) is 29.8. The van der Waals surface area contributed by atoms with E-state index in [1.54, 1.807) is 0 Å². The van der Waals surface area contributed by atoms with Crippen molar-refractivity contribution >= 4 is 41.3 Å². The molecular weight excluding hydrogens is 819 g/mol. The van der Waals surface area contributed by atoms with Gasteiger partial charge in [0.25, 0.3) is 11.8 Å². The normalized spacial score (nSPS) is 13.2. The lowest BCUT2D eigenvalue weighted by atomic mass is 9.83. The third kappa shape index (κ3) is 16.4. The molecule has 0 spiro atoms. The summed E-state index contributed by atoms with van der Waals surface area (Å²) in [5.41, 5.74) is 7.95. The third-order valence-electron chi connectivity index (χ3n) is 10.1. The van der Waals surface area contributed by atoms with Crippen LogP contribution in [0.25, 0.3) is 11.1 Å². The zero-order valence-electron chi connectivity index (χ0n) is 36.2. The van der Waals surface area contributed by atoms with Crippen molar-refractivity contribution in [2.24, 2.45) is 11.1 Å². The maximum absolute atomic E-state index is 15.1. The second-order valence-corrected chi connectivity index (χ2v) is 17.2. The predicted molar refractivity (Wildman–Crippen MR) is 237 cm³/mol. The largest absolute Gasteiger partial charge is 0.377 e. The fourth-order valence-electron chi connectivity index (χ4n) is 7.09. The molecule has 16 heteroatoms. The number of halogens is 2. The van der Waals surface area contributed by atoms with Gasteiger partial charge in [0, 0.05) is 86.5 Å². The quantitative estimate of drug-likeness (QED) is 0.0621. The first kappa shape index (κ1) is 49.8. The average molecular weight is 881 g/mol. The smallest absolute Gasteiger partial charge is 0.253 e. The van der Waals surface area contributed by atoms with Gasteiger partial charge < -0.3 is 35.3 Å². The molecule has 0 radical (unpaired) electrons. The highest BCUT2D eigenvalue weighted by atomic mass is 32.2. The van der Waals surface area contributed by atoms with E-state index < -0.39 is 23.1 Å². The molecule has 0 saturated heterocycles. The summed E-state index contributed by atoms with van der Waals surface area (Å²) in [7, 11) is 0. The van der Waals surface area contributed by atoms with Gasteiger partial charge in [0.05, 0.1) is 38.2 Å². The lowest BCUT2D eigenvalue weighted by molar-refractivity contribution is -0.137. The minimum Gasteiger partial charge on any atom is -0.377 e. The van der Waals surface area contributed by atoms with Gasteiger partial charge in [0.2, 0.25) is 17.7 Å². The fraction of sp³-hybridized carbons (Fsp3) is 0.500. The highest BCUT2D eigenvalue weighted by molar-refractivity contribution is 7.99. The summed E-state index contributed by atoms with van der Waals surface area (Å²) >= 11 is 1.38. The molecule has 1 aliphatic rings. The van der Waals surface area contributed by atoms with E-state index in [2.05, 4.69) is 31.4 Å². The molecule has 1 atom stereocenters. The van der Waals surface area contributed by atoms with Crippen molar-refractivity contribution in [3.63, 3.8) is 0 Å². The van der Waals surface area contributed by atoms with Crippen LogP contribution in [-0.4, -0.2) is 115 Å². The Morgan fingerprint density at radius 2 is 1.50 bits per heavy atom. The topological polar surface area (TPSA) is 165 Å². The number of benzene rings is 2. The summed E-state index contributed by atoms with van der Waals surface area (Å²) in [6.45, 7) is 9.76. The van der Waals surface area contributed by atoms with Crippen LogP contribution in [0.4, 0.5) is 8.78 Å². The highest BCUT2D eigenvalue weighted by Crippen LogP contribution is 2.41. The first-order valence-corrected chi connectivity index (χ1v) is 22.4. The summed E-state index contributed by atoms with van der Waals surface area (Å²) < 4.78 is 42.5. The van der Waals surface area contributed by atoms with E-state index in [0.29, 0.717) is 103 Å². The summed E-state index contributed by atoms with van der Waals surface area (Å²) in [4.78, 5) is 64.8. The number of aromatic nitrogens is 1. The molecule has 2 heterocycles. The number of hydrogen-bond acceptors (Lipinski definition) is 9. The van der Waals surface area contributed by atoms with Gasteiger partial charge >= 0.3 is 0 Å². The molecule has 338 valence electrons. The van der Waals surface area contributed by atoms with Crippen molar-refractivity contribution in [3.05, 3.63) is 95.8 Å². The van der Waals surface area contributed by atoms with Crippen LogP contribution in [0.5, 0.6) is 0 Å². The number of carbonyl (C=O) groups excluding carboxylic acids is 5. The van der Waals surface area contributed by atoms with Crippen LogP contribution >= 0.6 is 11.8 Å². The molecule has 0 saturated carbocycles. The van der Waals surface area contributed by atoms with Crippen LogP contribution in [0.3, 0.4) is 0 Å². The van der Waals surface area contributed by atoms with Gasteiger partial charge in [0.1, 0.15) is 11.6 Å². The van der Waals surface area contributed by atoms with Crippen LogP contribution in [0.15, 0.2) is 72.9 Å². The molecular formula is C46H62F2N6O7S. The van der Waals surface area contributed by atoms with Gasteiger partial charge in [-0.1, -0.05) is 57.5 Å². The maximum atomic E-state index is 15.1. The van der Waals surface area contributed by atoms with E-state index in [1.165, 1.54) is 34.9 Å². The van der Waals surface area contributed by atoms with Crippen molar-refractivity contribution in [1.29, 1.82) is 0 Å². The van der Waals surface area contributed by atoms with E-state index in [4.69, 9.17) is 15.2 Å². The molecule has 0 fully saturated rings. The standard InChI is InChI=1S/C46H62F2N6O7S/c1-46(2,3)45(39-29-35(37-30-36(47)14-15-38(37)48)32-52(39)31-34-11-6-4-7-12-34)54(23-10-19-49)44(59)33-62-28-18-41(56)51-21-25-61-27-26-60-24-20-50-40(55)13-8-5-9-22-53-42(57)16-17-43(53)58/h4,6-7,11-12,14-17,29-30,32,45H,5,8-10,13,18-28,31,33,49H2,1-3H3,(H,50,55)(H,51,56)/t45-/m0/s1. The van der Waals surface area contributed by atoms with E-state index >= 15 is 4.39 Å². The number of nitrogens with two attached hydrogens (primary N) is 1. The Morgan fingerprint density at radius 1 is 0.839 bits per heavy atom. The Hall–Kier alpha value is -4.90. The average Bonchev–Trinajstić information content (AvgIpc) is 3.79. The molecule has 4 rings (SSSR count). The number of imide groups is 1. The fourth-order valence-corrected chi connectivity index (χ4v) is 7.90. The Morgan fingerprint density at radius 3 is 2.15 bits per heavy atom. The maximum Gasteiger partial charge on any atom is 0.253 e. The number of unbranched alkanes of at least 4 members (excludes halogenated alkanes) is 2. The number of ether oxygens (including phenoxy) is 2. The van der Waals surface area contributed by atoms with Crippen molar-refractivity contribution in [2.45, 2.75) is 71.9 Å². The Kier molecular flexibility index (Phi) is 20.8. The number of nitrogens with one attached hydrogen (secondary N) is 2. The molecule has 4 N–H and O–H groups in total. The summed E-state index contributed by atoms with van der Waals surface area (Å²) in [6.07, 6.45) is 7.54. The summed E-state index contributed by atoms with van der Waals surface area (Å²) in [6, 6.07) is 14.6. The Labute approximate surface area is 368 Å². The molecule has 3 aromatic rings. The van der Waals surface area contributed by atoms with Gasteiger partial charge in [-0.15, -0.1) is 0 Å². The highest BCUT2D eigenvalue weighted by Gasteiger charge is 2.37. The number of carbonyl (C=O) groups is 5. The minimum atomic E-state index is -0.544. The van der Waals surface area contributed by atoms with Crippen LogP contribution in [0.1, 0.15) is 76.6 Å². The second kappa shape index (κ2) is 25.9. The molecule has 0 unspecified atom stereocenters. The van der Waals surface area contributed by atoms with Crippen molar-refractivity contribution in [2.75, 3.05) is 70.7 Å². The van der Waals surface area contributed by atoms with E-state index in [1.807, 2.05) is 52.1 Å². The second-order valence-electron chi connectivity index (χ2n) is 16.1. The Bertz CT molecular complexity index is 1940. The lowest BCUT2D eigenvalue weighted by Crippen LogP contribution is -2.44. The molecule has 0 bridgehead atoms. The van der Waals surface area contributed by atoms with E-state index in [9.17, 15) is 28.4 Å². The molecule has 13 nitrogen and oxygen atoms in total. The van der Waals surface area contributed by atoms with Crippen molar-refractivity contribution in [3.8, 4) is 11.1 Å². The van der Waals surface area contributed by atoms with Crippen LogP contribution in [0, 0.1) is 17.0 Å².